The van der Waals surface area contributed by atoms with Gasteiger partial charge in [-0.15, -0.1) is 0 Å². The molecule has 4 nitrogen and oxygen atoms in total. The maximum absolute atomic E-state index is 6.14. The van der Waals surface area contributed by atoms with Gasteiger partial charge < -0.3 is 14.8 Å². The fourth-order valence-electron chi connectivity index (χ4n) is 1.71. The normalized spacial score (nSPS) is 10.6. The highest BCUT2D eigenvalue weighted by Gasteiger charge is 2.09. The number of hydrogen-bond donors (Lipinski definition) is 1. The number of benzene rings is 1. The number of nitrogens with zero attached hydrogens (tertiary/aromatic N) is 1. The van der Waals surface area contributed by atoms with E-state index in [4.69, 9.17) is 21.1 Å². The first-order chi connectivity index (χ1) is 10.2. The molecule has 0 bridgehead atoms. The van der Waals surface area contributed by atoms with Crippen molar-refractivity contribution in [2.45, 2.75) is 6.54 Å². The molecule has 0 aliphatic carbocycles. The third-order valence-electron chi connectivity index (χ3n) is 2.75. The molecule has 2 aromatic rings. The van der Waals surface area contributed by atoms with Gasteiger partial charge in [0.2, 0.25) is 5.88 Å². The standard InChI is InChI=1S/C15H16BrClN2O2/c1-20-8-7-18-10-11-3-2-6-19-15(11)21-14-9-12(16)4-5-13(14)17/h2-6,9,18H,7-8,10H2,1H3. The summed E-state index contributed by atoms with van der Waals surface area (Å²) in [6.45, 7) is 2.08. The quantitative estimate of drug-likeness (QED) is 0.746. The van der Waals surface area contributed by atoms with Gasteiger partial charge in [0.25, 0.3) is 0 Å². The van der Waals surface area contributed by atoms with E-state index in [1.165, 1.54) is 0 Å². The zero-order valence-corrected chi connectivity index (χ0v) is 13.9. The van der Waals surface area contributed by atoms with E-state index >= 15 is 0 Å². The molecule has 0 aliphatic rings. The highest BCUT2D eigenvalue weighted by Crippen LogP contribution is 2.32. The first-order valence-electron chi connectivity index (χ1n) is 6.47. The van der Waals surface area contributed by atoms with Gasteiger partial charge in [-0.1, -0.05) is 33.6 Å². The highest BCUT2D eigenvalue weighted by atomic mass is 79.9. The van der Waals surface area contributed by atoms with Crippen molar-refractivity contribution in [3.05, 3.63) is 51.6 Å². The Balaban J connectivity index is 2.10. The van der Waals surface area contributed by atoms with Crippen LogP contribution in [0.15, 0.2) is 41.0 Å². The van der Waals surface area contributed by atoms with Gasteiger partial charge in [0.15, 0.2) is 0 Å². The lowest BCUT2D eigenvalue weighted by atomic mass is 10.2. The van der Waals surface area contributed by atoms with Crippen molar-refractivity contribution in [3.63, 3.8) is 0 Å². The number of methoxy groups -OCH3 is 1. The zero-order valence-electron chi connectivity index (χ0n) is 11.6. The van der Waals surface area contributed by atoms with Crippen molar-refractivity contribution in [1.82, 2.24) is 10.3 Å². The Labute approximate surface area is 137 Å². The van der Waals surface area contributed by atoms with E-state index < -0.39 is 0 Å². The lowest BCUT2D eigenvalue weighted by Crippen LogP contribution is -2.19. The van der Waals surface area contributed by atoms with Crippen LogP contribution in [0.2, 0.25) is 5.02 Å². The van der Waals surface area contributed by atoms with Crippen LogP contribution in [0.4, 0.5) is 0 Å². The Hall–Kier alpha value is -1.14. The molecule has 2 rings (SSSR count). The maximum atomic E-state index is 6.14. The molecule has 0 saturated heterocycles. The SMILES string of the molecule is COCCNCc1cccnc1Oc1cc(Br)ccc1Cl. The average Bonchev–Trinajstić information content (AvgIpc) is 2.49. The van der Waals surface area contributed by atoms with Crippen molar-refractivity contribution >= 4 is 27.5 Å². The summed E-state index contributed by atoms with van der Waals surface area (Å²) in [6.07, 6.45) is 1.69. The first-order valence-corrected chi connectivity index (χ1v) is 7.64. The summed E-state index contributed by atoms with van der Waals surface area (Å²) in [7, 11) is 1.68. The largest absolute Gasteiger partial charge is 0.437 e. The fraction of sp³-hybridized carbons (Fsp3) is 0.267. The summed E-state index contributed by atoms with van der Waals surface area (Å²) < 4.78 is 11.7. The molecule has 1 aromatic carbocycles. The van der Waals surface area contributed by atoms with Crippen LogP contribution in [0.5, 0.6) is 11.6 Å². The molecule has 0 amide bonds. The Kier molecular flexibility index (Phi) is 6.45. The monoisotopic (exact) mass is 370 g/mol. The number of aromatic nitrogens is 1. The highest BCUT2D eigenvalue weighted by molar-refractivity contribution is 9.10. The van der Waals surface area contributed by atoms with Crippen LogP contribution in [-0.4, -0.2) is 25.2 Å². The second-order valence-corrected chi connectivity index (χ2v) is 5.64. The molecule has 0 spiro atoms. The van der Waals surface area contributed by atoms with Gasteiger partial charge in [-0.25, -0.2) is 4.98 Å². The van der Waals surface area contributed by atoms with Gasteiger partial charge in [0.1, 0.15) is 5.75 Å². The van der Waals surface area contributed by atoms with Crippen LogP contribution < -0.4 is 10.1 Å². The lowest BCUT2D eigenvalue weighted by Gasteiger charge is -2.12. The summed E-state index contributed by atoms with van der Waals surface area (Å²) >= 11 is 9.54. The minimum atomic E-state index is 0.544. The van der Waals surface area contributed by atoms with E-state index in [2.05, 4.69) is 26.2 Å². The van der Waals surface area contributed by atoms with E-state index in [0.717, 1.165) is 16.6 Å². The Morgan fingerprint density at radius 2 is 2.19 bits per heavy atom. The fourth-order valence-corrected chi connectivity index (χ4v) is 2.20. The van der Waals surface area contributed by atoms with Gasteiger partial charge in [-0.3, -0.25) is 0 Å². The molecule has 112 valence electrons. The number of pyridine rings is 1. The molecule has 0 unspecified atom stereocenters. The number of halogens is 2. The molecular formula is C15H16BrClN2O2. The lowest BCUT2D eigenvalue weighted by molar-refractivity contribution is 0.199. The van der Waals surface area contributed by atoms with Crippen molar-refractivity contribution < 1.29 is 9.47 Å². The van der Waals surface area contributed by atoms with Gasteiger partial charge in [-0.05, 0) is 24.3 Å². The molecule has 0 radical (unpaired) electrons. The van der Waals surface area contributed by atoms with Crippen LogP contribution in [0.1, 0.15) is 5.56 Å². The van der Waals surface area contributed by atoms with E-state index in [0.29, 0.717) is 29.8 Å². The first kappa shape index (κ1) is 16.2. The van der Waals surface area contributed by atoms with Crippen molar-refractivity contribution in [3.8, 4) is 11.6 Å². The maximum Gasteiger partial charge on any atom is 0.223 e. The van der Waals surface area contributed by atoms with Crippen molar-refractivity contribution in [2.24, 2.45) is 0 Å². The van der Waals surface area contributed by atoms with Gasteiger partial charge in [0, 0.05) is 36.4 Å². The number of hydrogen-bond acceptors (Lipinski definition) is 4. The van der Waals surface area contributed by atoms with Gasteiger partial charge in [-0.2, -0.15) is 0 Å². The summed E-state index contributed by atoms with van der Waals surface area (Å²) in [6, 6.07) is 9.30. The molecule has 0 atom stereocenters. The molecule has 0 saturated carbocycles. The molecule has 0 fully saturated rings. The Morgan fingerprint density at radius 3 is 3.00 bits per heavy atom. The van der Waals surface area contributed by atoms with Crippen molar-refractivity contribution in [1.29, 1.82) is 0 Å². The van der Waals surface area contributed by atoms with Crippen LogP contribution in [0.25, 0.3) is 0 Å². The summed E-state index contributed by atoms with van der Waals surface area (Å²) in [5.41, 5.74) is 0.963. The van der Waals surface area contributed by atoms with Gasteiger partial charge in [0.05, 0.1) is 11.6 Å². The van der Waals surface area contributed by atoms with E-state index in [1.54, 1.807) is 19.4 Å². The van der Waals surface area contributed by atoms with E-state index in [9.17, 15) is 0 Å². The minimum Gasteiger partial charge on any atom is -0.437 e. The Bertz CT molecular complexity index is 596. The smallest absolute Gasteiger partial charge is 0.223 e. The average molecular weight is 372 g/mol. The second-order valence-electron chi connectivity index (χ2n) is 4.31. The molecule has 0 aliphatic heterocycles. The van der Waals surface area contributed by atoms with Crippen LogP contribution in [-0.2, 0) is 11.3 Å². The second kappa shape index (κ2) is 8.34. The Morgan fingerprint density at radius 1 is 1.33 bits per heavy atom. The molecular weight excluding hydrogens is 356 g/mol. The molecule has 1 N–H and O–H groups in total. The number of nitrogens with one attached hydrogen (secondary N) is 1. The predicted molar refractivity (Wildman–Crippen MR) is 87.0 cm³/mol. The molecule has 1 heterocycles. The third kappa shape index (κ3) is 4.97. The van der Waals surface area contributed by atoms with Crippen molar-refractivity contribution in [2.75, 3.05) is 20.3 Å². The summed E-state index contributed by atoms with van der Waals surface area (Å²) in [5.74, 6) is 1.12. The summed E-state index contributed by atoms with van der Waals surface area (Å²) in [4.78, 5) is 4.28. The summed E-state index contributed by atoms with van der Waals surface area (Å²) in [5, 5.41) is 3.81. The van der Waals surface area contributed by atoms with Crippen LogP contribution in [0, 0.1) is 0 Å². The number of rotatable bonds is 7. The molecule has 1 aromatic heterocycles. The molecule has 21 heavy (non-hydrogen) atoms. The van der Waals surface area contributed by atoms with Crippen LogP contribution in [0.3, 0.4) is 0 Å². The molecule has 6 heteroatoms. The zero-order chi connectivity index (χ0) is 15.1. The predicted octanol–water partition coefficient (Wildman–Crippen LogP) is 4.03. The van der Waals surface area contributed by atoms with Gasteiger partial charge >= 0.3 is 0 Å². The third-order valence-corrected chi connectivity index (χ3v) is 3.55. The van der Waals surface area contributed by atoms with E-state index in [-0.39, 0.29) is 0 Å². The minimum absolute atomic E-state index is 0.544. The topological polar surface area (TPSA) is 43.4 Å². The van der Waals surface area contributed by atoms with E-state index in [1.807, 2.05) is 24.3 Å². The number of ether oxygens (including phenoxy) is 2. The van der Waals surface area contributed by atoms with Crippen LogP contribution >= 0.6 is 27.5 Å².